The quantitative estimate of drug-likeness (QED) is 0.636. The van der Waals surface area contributed by atoms with Gasteiger partial charge in [-0.1, -0.05) is 41.4 Å². The van der Waals surface area contributed by atoms with E-state index in [9.17, 15) is 14.7 Å². The minimum Gasteiger partial charge on any atom is -0.502 e. The summed E-state index contributed by atoms with van der Waals surface area (Å²) in [7, 11) is 1.54. The third kappa shape index (κ3) is 3.86. The smallest absolute Gasteiger partial charge is 0.293 e. The van der Waals surface area contributed by atoms with E-state index in [1.54, 1.807) is 42.5 Å². The van der Waals surface area contributed by atoms with E-state index in [-0.39, 0.29) is 18.7 Å². The molecule has 0 aliphatic heterocycles. The molecule has 2 N–H and O–H groups in total. The molecule has 0 atom stereocenters. The van der Waals surface area contributed by atoms with Crippen molar-refractivity contribution in [3.05, 3.63) is 68.4 Å². The Balaban J connectivity index is 1.74. The number of para-hydroxylation sites is 1. The number of aryl methyl sites for hydroxylation is 1. The molecule has 3 rings (SSSR count). The number of carbonyl (C=O) groups is 1. The van der Waals surface area contributed by atoms with Crippen molar-refractivity contribution >= 4 is 40.0 Å². The second-order valence-electron chi connectivity index (χ2n) is 5.78. The third-order valence-corrected chi connectivity index (χ3v) is 4.58. The van der Waals surface area contributed by atoms with E-state index in [1.807, 2.05) is 0 Å². The Hall–Kier alpha value is -2.70. The van der Waals surface area contributed by atoms with Crippen LogP contribution in [-0.4, -0.2) is 28.7 Å². The van der Waals surface area contributed by atoms with Crippen LogP contribution in [-0.2, 0) is 7.05 Å². The highest BCUT2D eigenvalue weighted by Gasteiger charge is 2.20. The monoisotopic (exact) mass is 406 g/mol. The second-order valence-corrected chi connectivity index (χ2v) is 6.63. The van der Waals surface area contributed by atoms with Crippen molar-refractivity contribution in [2.45, 2.75) is 0 Å². The molecule has 1 amide bonds. The number of halogens is 2. The zero-order valence-corrected chi connectivity index (χ0v) is 15.8. The first kappa shape index (κ1) is 19.1. The predicted octanol–water partition coefficient (Wildman–Crippen LogP) is 3.36. The molecular weight excluding hydrogens is 391 g/mol. The summed E-state index contributed by atoms with van der Waals surface area (Å²) in [6.45, 7) is 0.303. The van der Waals surface area contributed by atoms with E-state index < -0.39 is 17.2 Å². The average Bonchev–Trinajstić information content (AvgIpc) is 2.65. The molecule has 3 aromatic rings. The maximum Gasteiger partial charge on any atom is 0.293 e. The van der Waals surface area contributed by atoms with Gasteiger partial charge >= 0.3 is 0 Å². The SMILES string of the molecule is Cn1c(=O)c(O)c(C(=O)NCCOc2ccc(Cl)cc2Cl)c2ccccc21. The van der Waals surface area contributed by atoms with Gasteiger partial charge in [0.15, 0.2) is 5.75 Å². The van der Waals surface area contributed by atoms with Crippen LogP contribution in [0.5, 0.6) is 11.5 Å². The number of pyridine rings is 1. The lowest BCUT2D eigenvalue weighted by Crippen LogP contribution is -2.30. The van der Waals surface area contributed by atoms with Gasteiger partial charge in [0.05, 0.1) is 22.6 Å². The molecule has 0 bridgehead atoms. The van der Waals surface area contributed by atoms with Crippen molar-refractivity contribution in [1.29, 1.82) is 0 Å². The summed E-state index contributed by atoms with van der Waals surface area (Å²) in [5.74, 6) is -0.709. The molecule has 0 aliphatic rings. The number of ether oxygens (including phenoxy) is 1. The van der Waals surface area contributed by atoms with Crippen LogP contribution in [0.2, 0.25) is 10.0 Å². The lowest BCUT2D eigenvalue weighted by atomic mass is 10.1. The molecule has 0 unspecified atom stereocenters. The van der Waals surface area contributed by atoms with Gasteiger partial charge in [-0.3, -0.25) is 9.59 Å². The molecule has 0 saturated heterocycles. The fraction of sp³-hybridized carbons (Fsp3) is 0.158. The summed E-state index contributed by atoms with van der Waals surface area (Å²) in [5.41, 5.74) is -0.143. The molecule has 2 aromatic carbocycles. The highest BCUT2D eigenvalue weighted by atomic mass is 35.5. The van der Waals surface area contributed by atoms with Crippen molar-refractivity contribution in [3.63, 3.8) is 0 Å². The van der Waals surface area contributed by atoms with Crippen LogP contribution < -0.4 is 15.6 Å². The number of fused-ring (bicyclic) bond motifs is 1. The molecule has 1 heterocycles. The van der Waals surface area contributed by atoms with Gasteiger partial charge in [-0.15, -0.1) is 0 Å². The molecule has 0 spiro atoms. The van der Waals surface area contributed by atoms with Gasteiger partial charge in [0, 0.05) is 17.5 Å². The molecule has 6 nitrogen and oxygen atoms in total. The Morgan fingerprint density at radius 1 is 1.22 bits per heavy atom. The van der Waals surface area contributed by atoms with Gasteiger partial charge in [-0.25, -0.2) is 0 Å². The van der Waals surface area contributed by atoms with Gasteiger partial charge in [0.25, 0.3) is 11.5 Å². The molecule has 0 radical (unpaired) electrons. The van der Waals surface area contributed by atoms with Gasteiger partial charge in [0.1, 0.15) is 12.4 Å². The maximum absolute atomic E-state index is 12.5. The predicted molar refractivity (Wildman–Crippen MR) is 105 cm³/mol. The standard InChI is InChI=1S/C19H16Cl2N2O4/c1-23-14-5-3-2-4-12(14)16(17(24)19(23)26)18(25)22-8-9-27-15-7-6-11(20)10-13(15)21/h2-7,10,24H,8-9H2,1H3,(H,22,25). The van der Waals surface area contributed by atoms with Crippen molar-refractivity contribution < 1.29 is 14.6 Å². The number of carbonyl (C=O) groups excluding carboxylic acids is 1. The minimum absolute atomic E-state index is 0.0572. The Morgan fingerprint density at radius 2 is 1.96 bits per heavy atom. The van der Waals surface area contributed by atoms with E-state index in [4.69, 9.17) is 27.9 Å². The van der Waals surface area contributed by atoms with Gasteiger partial charge in [-0.2, -0.15) is 0 Å². The normalized spacial score (nSPS) is 10.8. The van der Waals surface area contributed by atoms with Crippen LogP contribution in [0.25, 0.3) is 10.9 Å². The topological polar surface area (TPSA) is 80.6 Å². The lowest BCUT2D eigenvalue weighted by molar-refractivity contribution is 0.0945. The lowest BCUT2D eigenvalue weighted by Gasteiger charge is -2.13. The number of hydrogen-bond acceptors (Lipinski definition) is 4. The molecule has 1 aromatic heterocycles. The zero-order valence-electron chi connectivity index (χ0n) is 14.3. The number of benzene rings is 2. The first-order valence-electron chi connectivity index (χ1n) is 8.07. The van der Waals surface area contributed by atoms with E-state index in [0.717, 1.165) is 0 Å². The Morgan fingerprint density at radius 3 is 2.70 bits per heavy atom. The molecule has 0 saturated carbocycles. The Bertz CT molecular complexity index is 1080. The highest BCUT2D eigenvalue weighted by Crippen LogP contribution is 2.27. The average molecular weight is 407 g/mol. The van der Waals surface area contributed by atoms with Crippen LogP contribution in [0.4, 0.5) is 0 Å². The number of hydrogen-bond donors (Lipinski definition) is 2. The number of amides is 1. The summed E-state index contributed by atoms with van der Waals surface area (Å²) in [6, 6.07) is 11.7. The fourth-order valence-electron chi connectivity index (χ4n) is 2.72. The fourth-order valence-corrected chi connectivity index (χ4v) is 3.18. The number of aromatic nitrogens is 1. The van der Waals surface area contributed by atoms with Crippen molar-refractivity contribution in [2.75, 3.05) is 13.2 Å². The van der Waals surface area contributed by atoms with Gasteiger partial charge in [-0.05, 0) is 24.3 Å². The molecule has 0 aliphatic carbocycles. The molecular formula is C19H16Cl2N2O4. The van der Waals surface area contributed by atoms with Gasteiger partial charge < -0.3 is 19.7 Å². The number of aromatic hydroxyl groups is 1. The van der Waals surface area contributed by atoms with E-state index >= 15 is 0 Å². The van der Waals surface area contributed by atoms with Gasteiger partial charge in [0.2, 0.25) is 0 Å². The molecule has 140 valence electrons. The van der Waals surface area contributed by atoms with E-state index in [0.29, 0.717) is 26.7 Å². The maximum atomic E-state index is 12.5. The van der Waals surface area contributed by atoms with Crippen LogP contribution in [0, 0.1) is 0 Å². The Labute approximate surface area is 164 Å². The molecule has 8 heteroatoms. The first-order chi connectivity index (χ1) is 12.9. The molecule has 27 heavy (non-hydrogen) atoms. The van der Waals surface area contributed by atoms with Crippen molar-refractivity contribution in [1.82, 2.24) is 9.88 Å². The first-order valence-corrected chi connectivity index (χ1v) is 8.82. The summed E-state index contributed by atoms with van der Waals surface area (Å²) in [4.78, 5) is 24.7. The summed E-state index contributed by atoms with van der Waals surface area (Å²) >= 11 is 11.8. The van der Waals surface area contributed by atoms with E-state index in [2.05, 4.69) is 5.32 Å². The van der Waals surface area contributed by atoms with E-state index in [1.165, 1.54) is 11.6 Å². The van der Waals surface area contributed by atoms with Crippen molar-refractivity contribution in [3.8, 4) is 11.5 Å². The largest absolute Gasteiger partial charge is 0.502 e. The van der Waals surface area contributed by atoms with Crippen LogP contribution in [0.3, 0.4) is 0 Å². The highest BCUT2D eigenvalue weighted by molar-refractivity contribution is 6.35. The number of nitrogens with zero attached hydrogens (tertiary/aromatic N) is 1. The summed E-state index contributed by atoms with van der Waals surface area (Å²) in [6.07, 6.45) is 0. The zero-order chi connectivity index (χ0) is 19.6. The van der Waals surface area contributed by atoms with Crippen LogP contribution in [0.1, 0.15) is 10.4 Å². The number of rotatable bonds is 5. The third-order valence-electron chi connectivity index (χ3n) is 4.04. The van der Waals surface area contributed by atoms with Crippen LogP contribution in [0.15, 0.2) is 47.3 Å². The summed E-state index contributed by atoms with van der Waals surface area (Å²) < 4.78 is 6.80. The second kappa shape index (κ2) is 7.90. The van der Waals surface area contributed by atoms with Crippen LogP contribution >= 0.6 is 23.2 Å². The van der Waals surface area contributed by atoms with Crippen molar-refractivity contribution in [2.24, 2.45) is 7.05 Å². The number of nitrogens with one attached hydrogen (secondary N) is 1. The Kier molecular flexibility index (Phi) is 5.58. The minimum atomic E-state index is -0.636. The molecule has 0 fully saturated rings. The summed E-state index contributed by atoms with van der Waals surface area (Å²) in [5, 5.41) is 14.2.